The lowest BCUT2D eigenvalue weighted by molar-refractivity contribution is -0.133. The Morgan fingerprint density at radius 2 is 1.94 bits per heavy atom. The molecule has 0 aromatic heterocycles. The van der Waals surface area contributed by atoms with Gasteiger partial charge < -0.3 is 11.1 Å². The minimum Gasteiger partial charge on any atom is -0.369 e. The van der Waals surface area contributed by atoms with E-state index in [2.05, 4.69) is 11.9 Å². The van der Waals surface area contributed by atoms with E-state index in [1.54, 1.807) is 6.08 Å². The first kappa shape index (κ1) is 15.7. The maximum absolute atomic E-state index is 11.9. The van der Waals surface area contributed by atoms with Gasteiger partial charge in [-0.3, -0.25) is 9.59 Å². The third-order valence-electron chi connectivity index (χ3n) is 2.68. The minimum atomic E-state index is -0.457. The Morgan fingerprint density at radius 3 is 2.29 bits per heavy atom. The van der Waals surface area contributed by atoms with Crippen molar-refractivity contribution < 1.29 is 9.59 Å². The summed E-state index contributed by atoms with van der Waals surface area (Å²) in [4.78, 5) is 23.4. The molecule has 0 fully saturated rings. The van der Waals surface area contributed by atoms with Crippen molar-refractivity contribution in [1.82, 2.24) is 5.32 Å². The molecule has 2 atom stereocenters. The number of hydrogen-bond acceptors (Lipinski definition) is 2. The van der Waals surface area contributed by atoms with Crippen LogP contribution < -0.4 is 11.1 Å². The second kappa shape index (κ2) is 7.87. The number of nitrogens with two attached hydrogens (primary N) is 1. The molecule has 0 aliphatic rings. The number of carbonyl (C=O) groups excluding carboxylic acids is 2. The molecule has 0 bridgehead atoms. The van der Waals surface area contributed by atoms with Crippen LogP contribution in [-0.2, 0) is 9.59 Å². The van der Waals surface area contributed by atoms with Crippen LogP contribution in [0.25, 0.3) is 0 Å². The van der Waals surface area contributed by atoms with E-state index in [1.807, 2.05) is 20.8 Å². The van der Waals surface area contributed by atoms with Crippen LogP contribution in [0.5, 0.6) is 0 Å². The van der Waals surface area contributed by atoms with Gasteiger partial charge in [-0.2, -0.15) is 0 Å². The predicted octanol–water partition coefficient (Wildman–Crippen LogP) is 1.46. The summed E-state index contributed by atoms with van der Waals surface area (Å²) >= 11 is 0. The lowest BCUT2D eigenvalue weighted by Gasteiger charge is -2.24. The largest absolute Gasteiger partial charge is 0.369 e. The summed E-state index contributed by atoms with van der Waals surface area (Å²) in [6.45, 7) is 10.1. The topological polar surface area (TPSA) is 72.2 Å². The Hall–Kier alpha value is -1.32. The Kier molecular flexibility index (Phi) is 7.26. The highest BCUT2D eigenvalue weighted by Gasteiger charge is 2.31. The van der Waals surface area contributed by atoms with Gasteiger partial charge in [0.1, 0.15) is 0 Å². The number of primary amides is 1. The molecule has 0 aromatic carbocycles. The summed E-state index contributed by atoms with van der Waals surface area (Å²) in [5.74, 6) is -0.991. The van der Waals surface area contributed by atoms with Crippen LogP contribution in [0.4, 0.5) is 0 Å². The summed E-state index contributed by atoms with van der Waals surface area (Å²) < 4.78 is 0. The average Bonchev–Trinajstić information content (AvgIpc) is 2.22. The molecule has 0 spiro atoms. The fraction of sp³-hybridized carbons (Fsp3) is 0.692. The first-order valence-electron chi connectivity index (χ1n) is 6.11. The molecule has 98 valence electrons. The molecule has 0 aliphatic carbocycles. The molecule has 0 saturated carbocycles. The predicted molar refractivity (Wildman–Crippen MR) is 69.1 cm³/mol. The first-order valence-corrected chi connectivity index (χ1v) is 6.11. The van der Waals surface area contributed by atoms with Gasteiger partial charge in [0.15, 0.2) is 0 Å². The van der Waals surface area contributed by atoms with Gasteiger partial charge in [0.05, 0.1) is 11.8 Å². The number of hydrogen-bond donors (Lipinski definition) is 2. The summed E-state index contributed by atoms with van der Waals surface area (Å²) in [5.41, 5.74) is 5.37. The summed E-state index contributed by atoms with van der Waals surface area (Å²) in [7, 11) is 0. The molecule has 4 heteroatoms. The van der Waals surface area contributed by atoms with Crippen molar-refractivity contribution in [2.45, 2.75) is 33.6 Å². The molecular weight excluding hydrogens is 216 g/mol. The van der Waals surface area contributed by atoms with Crippen LogP contribution in [-0.4, -0.2) is 18.4 Å². The average molecular weight is 240 g/mol. The van der Waals surface area contributed by atoms with Crippen LogP contribution in [0, 0.1) is 17.8 Å². The lowest BCUT2D eigenvalue weighted by atomic mass is 9.82. The molecule has 0 aromatic rings. The smallest absolute Gasteiger partial charge is 0.223 e. The fourth-order valence-electron chi connectivity index (χ4n) is 1.93. The lowest BCUT2D eigenvalue weighted by Crippen LogP contribution is -2.40. The van der Waals surface area contributed by atoms with E-state index >= 15 is 0 Å². The van der Waals surface area contributed by atoms with E-state index in [0.29, 0.717) is 25.3 Å². The summed E-state index contributed by atoms with van der Waals surface area (Å²) in [6.07, 6.45) is 2.75. The minimum absolute atomic E-state index is 0.0909. The highest BCUT2D eigenvalue weighted by Crippen LogP contribution is 2.24. The third-order valence-corrected chi connectivity index (χ3v) is 2.68. The number of allylic oxidation sites excluding steroid dienone is 1. The molecule has 0 saturated heterocycles. The van der Waals surface area contributed by atoms with Crippen LogP contribution in [0.3, 0.4) is 0 Å². The van der Waals surface area contributed by atoms with Gasteiger partial charge in [-0.1, -0.05) is 19.9 Å². The maximum atomic E-state index is 11.9. The highest BCUT2D eigenvalue weighted by atomic mass is 16.2. The summed E-state index contributed by atoms with van der Waals surface area (Å²) in [6, 6.07) is 0. The second-order valence-electron chi connectivity index (χ2n) is 4.66. The van der Waals surface area contributed by atoms with Gasteiger partial charge in [-0.25, -0.2) is 0 Å². The Labute approximate surface area is 104 Å². The van der Waals surface area contributed by atoms with Crippen molar-refractivity contribution >= 4 is 11.8 Å². The van der Waals surface area contributed by atoms with Crippen molar-refractivity contribution in [3.8, 4) is 0 Å². The molecule has 2 amide bonds. The molecular formula is C13H24N2O2. The van der Waals surface area contributed by atoms with Gasteiger partial charge in [-0.15, -0.1) is 6.58 Å². The number of carbonyl (C=O) groups is 2. The fourth-order valence-corrected chi connectivity index (χ4v) is 1.93. The van der Waals surface area contributed by atoms with E-state index < -0.39 is 11.8 Å². The van der Waals surface area contributed by atoms with Crippen LogP contribution >= 0.6 is 0 Å². The monoisotopic (exact) mass is 240 g/mol. The zero-order chi connectivity index (χ0) is 13.4. The highest BCUT2D eigenvalue weighted by molar-refractivity contribution is 5.87. The molecule has 0 unspecified atom stereocenters. The van der Waals surface area contributed by atoms with Crippen LogP contribution in [0.1, 0.15) is 33.6 Å². The number of rotatable bonds is 8. The SMILES string of the molecule is C=CC[C@H](C(N)=O)[C@@H](CC(C)C)C(=O)NCC. The van der Waals surface area contributed by atoms with E-state index in [1.165, 1.54) is 0 Å². The standard InChI is InChI=1S/C13H24N2O2/c1-5-7-10(12(14)16)11(8-9(3)4)13(17)15-6-2/h5,9-11H,1,6-8H2,2-4H3,(H2,14,16)(H,15,17)/t10-,11+/m0/s1. The van der Waals surface area contributed by atoms with Crippen molar-refractivity contribution in [2.75, 3.05) is 6.54 Å². The number of amides is 2. The Bertz CT molecular complexity index is 275. The van der Waals surface area contributed by atoms with Crippen molar-refractivity contribution in [2.24, 2.45) is 23.5 Å². The van der Waals surface area contributed by atoms with E-state index in [4.69, 9.17) is 5.73 Å². The first-order chi connectivity index (χ1) is 7.93. The van der Waals surface area contributed by atoms with Crippen LogP contribution in [0.2, 0.25) is 0 Å². The molecule has 17 heavy (non-hydrogen) atoms. The van der Waals surface area contributed by atoms with Gasteiger partial charge in [0.25, 0.3) is 0 Å². The second-order valence-corrected chi connectivity index (χ2v) is 4.66. The molecule has 0 heterocycles. The van der Waals surface area contributed by atoms with Gasteiger partial charge in [0.2, 0.25) is 11.8 Å². The molecule has 3 N–H and O–H groups in total. The van der Waals surface area contributed by atoms with Gasteiger partial charge >= 0.3 is 0 Å². The van der Waals surface area contributed by atoms with Crippen molar-refractivity contribution in [3.05, 3.63) is 12.7 Å². The maximum Gasteiger partial charge on any atom is 0.223 e. The van der Waals surface area contributed by atoms with Crippen molar-refractivity contribution in [3.63, 3.8) is 0 Å². The normalized spacial score (nSPS) is 14.1. The molecule has 4 nitrogen and oxygen atoms in total. The van der Waals surface area contributed by atoms with E-state index in [9.17, 15) is 9.59 Å². The summed E-state index contributed by atoms with van der Waals surface area (Å²) in [5, 5.41) is 2.76. The zero-order valence-electron chi connectivity index (χ0n) is 11.0. The zero-order valence-corrected chi connectivity index (χ0v) is 11.0. The molecule has 0 aliphatic heterocycles. The molecule has 0 rings (SSSR count). The Balaban J connectivity index is 4.89. The van der Waals surface area contributed by atoms with Crippen LogP contribution in [0.15, 0.2) is 12.7 Å². The number of nitrogens with one attached hydrogen (secondary N) is 1. The Morgan fingerprint density at radius 1 is 1.35 bits per heavy atom. The van der Waals surface area contributed by atoms with E-state index in [0.717, 1.165) is 0 Å². The van der Waals surface area contributed by atoms with Gasteiger partial charge in [0, 0.05) is 6.54 Å². The third kappa shape index (κ3) is 5.52. The molecule has 0 radical (unpaired) electrons. The quantitative estimate of drug-likeness (QED) is 0.630. The van der Waals surface area contributed by atoms with Crippen molar-refractivity contribution in [1.29, 1.82) is 0 Å². The van der Waals surface area contributed by atoms with E-state index in [-0.39, 0.29) is 11.8 Å². The van der Waals surface area contributed by atoms with Gasteiger partial charge in [-0.05, 0) is 25.7 Å².